The summed E-state index contributed by atoms with van der Waals surface area (Å²) in [5.74, 6) is 1.27. The number of pyridine rings is 1. The lowest BCUT2D eigenvalue weighted by atomic mass is 10.2. The predicted molar refractivity (Wildman–Crippen MR) is 143 cm³/mol. The van der Waals surface area contributed by atoms with Crippen molar-refractivity contribution in [3.05, 3.63) is 82.2 Å². The molecule has 0 saturated carbocycles. The number of benzene rings is 1. The molecule has 1 amide bonds. The van der Waals surface area contributed by atoms with Gasteiger partial charge in [0, 0.05) is 41.5 Å². The molecule has 36 heavy (non-hydrogen) atoms. The number of thiophene rings is 1. The maximum absolute atomic E-state index is 12.7. The van der Waals surface area contributed by atoms with E-state index in [1.165, 1.54) is 0 Å². The Hall–Kier alpha value is -3.53. The molecule has 184 valence electrons. The Morgan fingerprint density at radius 3 is 2.89 bits per heavy atom. The molecule has 4 aromatic rings. The number of carbonyl (C=O) groups is 1. The number of likely N-dealkylation sites (N-methyl/N-ethyl adjacent to an activating group) is 1. The minimum absolute atomic E-state index is 0.00725. The second-order valence-electron chi connectivity index (χ2n) is 8.65. The standard InChI is InChI=1S/C26H25ClN6O2S/c1-32(2)11-5-7-23(34)33-13-19-22(14-33)36-26-24(19)25(29-16-30-26)31-17-8-9-21(20(27)12-17)35-15-18-6-3-4-10-28-18/h3-10,12,16H,11,13-15H2,1-2H3,(H,29,30,31). The van der Waals surface area contributed by atoms with Crippen molar-refractivity contribution >= 4 is 50.6 Å². The van der Waals surface area contributed by atoms with Crippen LogP contribution in [0.5, 0.6) is 5.75 Å². The van der Waals surface area contributed by atoms with E-state index < -0.39 is 0 Å². The van der Waals surface area contributed by atoms with Gasteiger partial charge in [-0.15, -0.1) is 11.3 Å². The van der Waals surface area contributed by atoms with Gasteiger partial charge in [0.05, 0.1) is 22.6 Å². The lowest BCUT2D eigenvalue weighted by Crippen LogP contribution is -2.23. The van der Waals surface area contributed by atoms with E-state index in [1.807, 2.05) is 60.3 Å². The van der Waals surface area contributed by atoms with Crippen LogP contribution in [0.15, 0.2) is 61.1 Å². The summed E-state index contributed by atoms with van der Waals surface area (Å²) in [6.45, 7) is 2.17. The highest BCUT2D eigenvalue weighted by molar-refractivity contribution is 7.19. The smallest absolute Gasteiger partial charge is 0.246 e. The summed E-state index contributed by atoms with van der Waals surface area (Å²) in [6, 6.07) is 11.2. The van der Waals surface area contributed by atoms with Crippen LogP contribution >= 0.6 is 22.9 Å². The van der Waals surface area contributed by atoms with Crippen molar-refractivity contribution in [3.63, 3.8) is 0 Å². The number of fused-ring (bicyclic) bond motifs is 3. The van der Waals surface area contributed by atoms with Crippen LogP contribution in [0.2, 0.25) is 5.02 Å². The predicted octanol–water partition coefficient (Wildman–Crippen LogP) is 5.02. The molecule has 1 aliphatic rings. The van der Waals surface area contributed by atoms with Crippen molar-refractivity contribution < 1.29 is 9.53 Å². The summed E-state index contributed by atoms with van der Waals surface area (Å²) >= 11 is 8.10. The van der Waals surface area contributed by atoms with Crippen LogP contribution in [0.1, 0.15) is 16.1 Å². The minimum atomic E-state index is 0.00725. The molecule has 4 heterocycles. The van der Waals surface area contributed by atoms with Crippen molar-refractivity contribution in [3.8, 4) is 5.75 Å². The van der Waals surface area contributed by atoms with Crippen molar-refractivity contribution in [2.75, 3.05) is 26.0 Å². The van der Waals surface area contributed by atoms with Crippen molar-refractivity contribution in [2.24, 2.45) is 0 Å². The number of hydrogen-bond acceptors (Lipinski definition) is 8. The molecule has 0 bridgehead atoms. The van der Waals surface area contributed by atoms with Crippen molar-refractivity contribution in [2.45, 2.75) is 19.7 Å². The maximum atomic E-state index is 12.7. The number of rotatable bonds is 8. The monoisotopic (exact) mass is 520 g/mol. The first-order valence-electron chi connectivity index (χ1n) is 11.4. The zero-order chi connectivity index (χ0) is 25.1. The van der Waals surface area contributed by atoms with Gasteiger partial charge in [-0.1, -0.05) is 23.7 Å². The average Bonchev–Trinajstić information content (AvgIpc) is 3.42. The van der Waals surface area contributed by atoms with Crippen LogP contribution < -0.4 is 10.1 Å². The molecule has 5 rings (SSSR count). The molecule has 0 fully saturated rings. The number of hydrogen-bond donors (Lipinski definition) is 1. The van der Waals surface area contributed by atoms with Crippen LogP contribution in [0.3, 0.4) is 0 Å². The van der Waals surface area contributed by atoms with Gasteiger partial charge in [0.1, 0.15) is 29.3 Å². The number of amides is 1. The first-order valence-corrected chi connectivity index (χ1v) is 12.6. The van der Waals surface area contributed by atoms with Crippen molar-refractivity contribution in [1.29, 1.82) is 0 Å². The van der Waals surface area contributed by atoms with E-state index in [0.717, 1.165) is 38.6 Å². The van der Waals surface area contributed by atoms with E-state index in [1.54, 1.807) is 36.0 Å². The van der Waals surface area contributed by atoms with E-state index in [-0.39, 0.29) is 5.91 Å². The SMILES string of the molecule is CN(C)CC=CC(=O)N1Cc2sc3ncnc(Nc4ccc(OCc5ccccn5)c(Cl)c4)c3c2C1. The van der Waals surface area contributed by atoms with E-state index in [4.69, 9.17) is 16.3 Å². The first-order chi connectivity index (χ1) is 17.5. The molecule has 0 atom stereocenters. The molecular formula is C26H25ClN6O2S. The van der Waals surface area contributed by atoms with Crippen LogP contribution in [0, 0.1) is 0 Å². The van der Waals surface area contributed by atoms with Gasteiger partial charge in [0.2, 0.25) is 5.91 Å². The number of aromatic nitrogens is 3. The summed E-state index contributed by atoms with van der Waals surface area (Å²) in [4.78, 5) is 31.8. The summed E-state index contributed by atoms with van der Waals surface area (Å²) < 4.78 is 5.83. The molecule has 1 N–H and O–H groups in total. The van der Waals surface area contributed by atoms with Crippen LogP contribution in [-0.4, -0.2) is 51.3 Å². The van der Waals surface area contributed by atoms with Gasteiger partial charge in [-0.05, 0) is 44.4 Å². The number of anilines is 2. The molecule has 0 unspecified atom stereocenters. The fraction of sp³-hybridized carbons (Fsp3) is 0.231. The Labute approximate surface area is 218 Å². The number of nitrogens with one attached hydrogen (secondary N) is 1. The molecule has 8 nitrogen and oxygen atoms in total. The molecule has 3 aromatic heterocycles. The maximum Gasteiger partial charge on any atom is 0.246 e. The highest BCUT2D eigenvalue weighted by Crippen LogP contribution is 2.40. The highest BCUT2D eigenvalue weighted by Gasteiger charge is 2.28. The average molecular weight is 521 g/mol. The zero-order valence-corrected chi connectivity index (χ0v) is 21.5. The third kappa shape index (κ3) is 5.33. The van der Waals surface area contributed by atoms with Crippen LogP contribution in [0.4, 0.5) is 11.5 Å². The lowest BCUT2D eigenvalue weighted by Gasteiger charge is -2.14. The quantitative estimate of drug-likeness (QED) is 0.326. The van der Waals surface area contributed by atoms with Gasteiger partial charge in [0.15, 0.2) is 0 Å². The number of nitrogens with zero attached hydrogens (tertiary/aromatic N) is 5. The second kappa shape index (κ2) is 10.6. The Morgan fingerprint density at radius 2 is 2.11 bits per heavy atom. The zero-order valence-electron chi connectivity index (χ0n) is 19.9. The molecular weight excluding hydrogens is 496 g/mol. The molecule has 1 aliphatic heterocycles. The molecule has 1 aromatic carbocycles. The minimum Gasteiger partial charge on any atom is -0.486 e. The second-order valence-corrected chi connectivity index (χ2v) is 10.1. The number of halogens is 1. The molecule has 0 saturated heterocycles. The van der Waals surface area contributed by atoms with Crippen LogP contribution in [-0.2, 0) is 24.5 Å². The van der Waals surface area contributed by atoms with E-state index in [9.17, 15) is 4.79 Å². The van der Waals surface area contributed by atoms with E-state index in [0.29, 0.717) is 36.3 Å². The van der Waals surface area contributed by atoms with E-state index in [2.05, 4.69) is 20.3 Å². The van der Waals surface area contributed by atoms with Crippen molar-refractivity contribution in [1.82, 2.24) is 24.8 Å². The number of ether oxygens (including phenoxy) is 1. The Morgan fingerprint density at radius 1 is 1.22 bits per heavy atom. The van der Waals surface area contributed by atoms with Gasteiger partial charge >= 0.3 is 0 Å². The van der Waals surface area contributed by atoms with Gasteiger partial charge in [0.25, 0.3) is 0 Å². The molecule has 0 aliphatic carbocycles. The fourth-order valence-corrected chi connectivity index (χ4v) is 5.34. The number of carbonyl (C=O) groups excluding carboxylic acids is 1. The van der Waals surface area contributed by atoms with Gasteiger partial charge in [-0.3, -0.25) is 9.78 Å². The summed E-state index contributed by atoms with van der Waals surface area (Å²) in [6.07, 6.45) is 6.81. The largest absolute Gasteiger partial charge is 0.486 e. The van der Waals surface area contributed by atoms with Gasteiger partial charge in [-0.25, -0.2) is 9.97 Å². The lowest BCUT2D eigenvalue weighted by molar-refractivity contribution is -0.126. The normalized spacial score (nSPS) is 13.1. The highest BCUT2D eigenvalue weighted by atomic mass is 35.5. The summed E-state index contributed by atoms with van der Waals surface area (Å²) in [5, 5.41) is 4.80. The molecule has 0 spiro atoms. The Kier molecular flexibility index (Phi) is 7.13. The van der Waals surface area contributed by atoms with Crippen LogP contribution in [0.25, 0.3) is 10.2 Å². The third-order valence-electron chi connectivity index (χ3n) is 5.69. The van der Waals surface area contributed by atoms with E-state index >= 15 is 0 Å². The summed E-state index contributed by atoms with van der Waals surface area (Å²) in [5.41, 5.74) is 2.70. The van der Waals surface area contributed by atoms with Gasteiger partial charge in [-0.2, -0.15) is 0 Å². The third-order valence-corrected chi connectivity index (χ3v) is 7.11. The summed E-state index contributed by atoms with van der Waals surface area (Å²) in [7, 11) is 3.94. The Bertz CT molecular complexity index is 1420. The fourth-order valence-electron chi connectivity index (χ4n) is 3.94. The topological polar surface area (TPSA) is 83.5 Å². The van der Waals surface area contributed by atoms with Gasteiger partial charge < -0.3 is 19.9 Å². The first kappa shape index (κ1) is 24.2. The Balaban J connectivity index is 1.32. The molecule has 0 radical (unpaired) electrons. The molecule has 10 heteroatoms.